The Balaban J connectivity index is 1.61. The molecule has 5 heteroatoms. The van der Waals surface area contributed by atoms with Crippen molar-refractivity contribution in [2.75, 3.05) is 19.7 Å². The third-order valence-electron chi connectivity index (χ3n) is 4.81. The van der Waals surface area contributed by atoms with Crippen molar-refractivity contribution in [1.29, 1.82) is 0 Å². The molecule has 22 heavy (non-hydrogen) atoms. The van der Waals surface area contributed by atoms with Gasteiger partial charge in [-0.15, -0.1) is 0 Å². The molecule has 0 saturated carbocycles. The van der Waals surface area contributed by atoms with E-state index in [1.807, 2.05) is 0 Å². The van der Waals surface area contributed by atoms with E-state index in [4.69, 9.17) is 4.74 Å². The molecule has 0 spiro atoms. The molecule has 2 aliphatic heterocycles. The van der Waals surface area contributed by atoms with Crippen molar-refractivity contribution in [2.24, 2.45) is 5.92 Å². The van der Waals surface area contributed by atoms with Crippen molar-refractivity contribution in [1.82, 2.24) is 4.90 Å². The number of nitrogens with zero attached hydrogens (tertiary/aromatic N) is 1. The topological polar surface area (TPSA) is 29.5 Å². The lowest BCUT2D eigenvalue weighted by Crippen LogP contribution is -2.49. The first-order valence-corrected chi connectivity index (χ1v) is 8.01. The van der Waals surface area contributed by atoms with Crippen LogP contribution in [0.25, 0.3) is 0 Å². The molecule has 0 N–H and O–H groups in total. The molecular weight excluding hydrogens is 288 g/mol. The second-order valence-electron chi connectivity index (χ2n) is 6.22. The van der Waals surface area contributed by atoms with E-state index in [9.17, 15) is 13.6 Å². The first kappa shape index (κ1) is 15.4. The molecule has 0 aliphatic carbocycles. The molecule has 2 aliphatic rings. The van der Waals surface area contributed by atoms with E-state index in [0.717, 1.165) is 50.6 Å². The molecule has 0 unspecified atom stereocenters. The second kappa shape index (κ2) is 6.73. The van der Waals surface area contributed by atoms with Gasteiger partial charge in [0.25, 0.3) is 0 Å². The lowest BCUT2D eigenvalue weighted by Gasteiger charge is -2.44. The van der Waals surface area contributed by atoms with Crippen molar-refractivity contribution in [2.45, 2.75) is 38.1 Å². The predicted octanol–water partition coefficient (Wildman–Crippen LogP) is 3.39. The van der Waals surface area contributed by atoms with Gasteiger partial charge in [-0.2, -0.15) is 0 Å². The van der Waals surface area contributed by atoms with E-state index in [1.165, 1.54) is 12.8 Å². The molecule has 2 heterocycles. The highest BCUT2D eigenvalue weighted by molar-refractivity contribution is 5.89. The maximum Gasteiger partial charge on any atom is 0.341 e. The summed E-state index contributed by atoms with van der Waals surface area (Å²) < 4.78 is 32.0. The molecule has 3 rings (SSSR count). The average molecular weight is 309 g/mol. The first-order chi connectivity index (χ1) is 10.6. The lowest BCUT2D eigenvalue weighted by molar-refractivity contribution is 0.00709. The van der Waals surface area contributed by atoms with Crippen LogP contribution in [0.3, 0.4) is 0 Å². The zero-order valence-electron chi connectivity index (χ0n) is 12.6. The monoisotopic (exact) mass is 309 g/mol. The van der Waals surface area contributed by atoms with E-state index in [2.05, 4.69) is 4.90 Å². The summed E-state index contributed by atoms with van der Waals surface area (Å²) in [5, 5.41) is 0. The van der Waals surface area contributed by atoms with Crippen molar-refractivity contribution >= 4 is 5.97 Å². The average Bonchev–Trinajstić information content (AvgIpc) is 2.54. The van der Waals surface area contributed by atoms with Gasteiger partial charge in [-0.25, -0.2) is 13.6 Å². The largest absolute Gasteiger partial charge is 0.462 e. The maximum absolute atomic E-state index is 13.6. The highest BCUT2D eigenvalue weighted by atomic mass is 19.1. The van der Waals surface area contributed by atoms with Crippen LogP contribution >= 0.6 is 0 Å². The van der Waals surface area contributed by atoms with Crippen LogP contribution in [-0.2, 0) is 4.74 Å². The number of ether oxygens (including phenoxy) is 1. The van der Waals surface area contributed by atoms with Crippen molar-refractivity contribution in [3.8, 4) is 0 Å². The van der Waals surface area contributed by atoms with Crippen LogP contribution in [0.4, 0.5) is 8.78 Å². The zero-order chi connectivity index (χ0) is 15.5. The van der Waals surface area contributed by atoms with Gasteiger partial charge in [0, 0.05) is 12.0 Å². The van der Waals surface area contributed by atoms with Gasteiger partial charge in [0.05, 0.1) is 12.2 Å². The van der Waals surface area contributed by atoms with E-state index in [1.54, 1.807) is 0 Å². The number of piperidine rings is 2. The number of carbonyl (C=O) groups excluding carboxylic acids is 1. The Labute approximate surface area is 129 Å². The first-order valence-electron chi connectivity index (χ1n) is 8.01. The smallest absolute Gasteiger partial charge is 0.341 e. The summed E-state index contributed by atoms with van der Waals surface area (Å²) in [4.78, 5) is 14.5. The number of esters is 1. The molecule has 2 atom stereocenters. The number of rotatable bonds is 3. The van der Waals surface area contributed by atoms with Gasteiger partial charge >= 0.3 is 5.97 Å². The van der Waals surface area contributed by atoms with Gasteiger partial charge in [-0.1, -0.05) is 6.42 Å². The minimum atomic E-state index is -0.773. The summed E-state index contributed by atoms with van der Waals surface area (Å²) in [7, 11) is 0. The van der Waals surface area contributed by atoms with Crippen molar-refractivity contribution < 1.29 is 18.3 Å². The normalized spacial score (nSPS) is 25.5. The second-order valence-corrected chi connectivity index (χ2v) is 6.22. The Morgan fingerprint density at radius 2 is 2.00 bits per heavy atom. The summed E-state index contributed by atoms with van der Waals surface area (Å²) in [5.41, 5.74) is -0.323. The van der Waals surface area contributed by atoms with Gasteiger partial charge < -0.3 is 4.74 Å². The molecule has 1 aromatic carbocycles. The SMILES string of the molecule is O=C(OC[C@@H]1CCCN2CCCC[C@@H]12)c1cc(F)ccc1F. The highest BCUT2D eigenvalue weighted by Gasteiger charge is 2.33. The fourth-order valence-electron chi connectivity index (χ4n) is 3.69. The Kier molecular flexibility index (Phi) is 4.71. The molecule has 0 radical (unpaired) electrons. The number of halogens is 2. The van der Waals surface area contributed by atoms with Crippen molar-refractivity contribution in [3.63, 3.8) is 0 Å². The van der Waals surface area contributed by atoms with Gasteiger partial charge in [-0.3, -0.25) is 4.90 Å². The summed E-state index contributed by atoms with van der Waals surface area (Å²) >= 11 is 0. The summed E-state index contributed by atoms with van der Waals surface area (Å²) in [6, 6.07) is 3.31. The molecule has 3 nitrogen and oxygen atoms in total. The number of hydrogen-bond acceptors (Lipinski definition) is 3. The molecule has 0 amide bonds. The number of carbonyl (C=O) groups is 1. The van der Waals surface area contributed by atoms with Crippen LogP contribution in [-0.4, -0.2) is 36.6 Å². The van der Waals surface area contributed by atoms with Crippen LogP contribution in [0.1, 0.15) is 42.5 Å². The summed E-state index contributed by atoms with van der Waals surface area (Å²) in [5.74, 6) is -1.85. The minimum Gasteiger partial charge on any atom is -0.462 e. The minimum absolute atomic E-state index is 0.288. The van der Waals surface area contributed by atoms with E-state index < -0.39 is 17.6 Å². The highest BCUT2D eigenvalue weighted by Crippen LogP contribution is 2.31. The van der Waals surface area contributed by atoms with Gasteiger partial charge in [0.2, 0.25) is 0 Å². The molecule has 2 saturated heterocycles. The van der Waals surface area contributed by atoms with Gasteiger partial charge in [-0.05, 0) is 57.0 Å². The molecule has 0 bridgehead atoms. The van der Waals surface area contributed by atoms with Crippen LogP contribution in [0.2, 0.25) is 0 Å². The van der Waals surface area contributed by atoms with Crippen LogP contribution < -0.4 is 0 Å². The Morgan fingerprint density at radius 3 is 2.86 bits per heavy atom. The van der Waals surface area contributed by atoms with E-state index in [0.29, 0.717) is 12.0 Å². The fraction of sp³-hybridized carbons (Fsp3) is 0.588. The van der Waals surface area contributed by atoms with Crippen LogP contribution in [0, 0.1) is 17.6 Å². The lowest BCUT2D eigenvalue weighted by atomic mass is 9.84. The Morgan fingerprint density at radius 1 is 1.18 bits per heavy atom. The van der Waals surface area contributed by atoms with Crippen molar-refractivity contribution in [3.05, 3.63) is 35.4 Å². The zero-order valence-corrected chi connectivity index (χ0v) is 12.6. The number of hydrogen-bond donors (Lipinski definition) is 0. The van der Waals surface area contributed by atoms with Gasteiger partial charge in [0.1, 0.15) is 11.6 Å². The summed E-state index contributed by atoms with van der Waals surface area (Å²) in [6.07, 6.45) is 5.71. The number of benzene rings is 1. The van der Waals surface area contributed by atoms with Crippen LogP contribution in [0.5, 0.6) is 0 Å². The summed E-state index contributed by atoms with van der Waals surface area (Å²) in [6.45, 7) is 2.53. The third kappa shape index (κ3) is 3.29. The standard InChI is InChI=1S/C17H21F2NO2/c18-13-6-7-15(19)14(10-13)17(21)22-11-12-4-3-9-20-8-2-1-5-16(12)20/h6-7,10,12,16H,1-5,8-9,11H2/t12-,16-/m0/s1. The van der Waals surface area contributed by atoms with E-state index in [-0.39, 0.29) is 12.2 Å². The molecular formula is C17H21F2NO2. The molecule has 120 valence electrons. The molecule has 1 aromatic rings. The Hall–Kier alpha value is -1.49. The van der Waals surface area contributed by atoms with Gasteiger partial charge in [0.15, 0.2) is 0 Å². The molecule has 0 aromatic heterocycles. The molecule has 2 fully saturated rings. The third-order valence-corrected chi connectivity index (χ3v) is 4.81. The maximum atomic E-state index is 13.6. The Bertz CT molecular complexity index is 547. The van der Waals surface area contributed by atoms with E-state index >= 15 is 0 Å². The fourth-order valence-corrected chi connectivity index (χ4v) is 3.69. The number of fused-ring (bicyclic) bond motifs is 1. The quantitative estimate of drug-likeness (QED) is 0.802. The predicted molar refractivity (Wildman–Crippen MR) is 78.6 cm³/mol. The van der Waals surface area contributed by atoms with Crippen LogP contribution in [0.15, 0.2) is 18.2 Å².